The van der Waals surface area contributed by atoms with Gasteiger partial charge >= 0.3 is 0 Å². The van der Waals surface area contributed by atoms with Crippen molar-refractivity contribution >= 4 is 17.5 Å². The van der Waals surface area contributed by atoms with E-state index in [1.807, 2.05) is 0 Å². The molecule has 6 heteroatoms. The summed E-state index contributed by atoms with van der Waals surface area (Å²) >= 11 is 0. The first-order valence-corrected chi connectivity index (χ1v) is 4.83. The topological polar surface area (TPSA) is 97.1 Å². The fourth-order valence-corrected chi connectivity index (χ4v) is 1.12. The van der Waals surface area contributed by atoms with Crippen LogP contribution in [0, 0.1) is 0 Å². The van der Waals surface area contributed by atoms with Gasteiger partial charge in [-0.1, -0.05) is 0 Å². The van der Waals surface area contributed by atoms with Gasteiger partial charge < -0.3 is 16.4 Å². The lowest BCUT2D eigenvalue weighted by Crippen LogP contribution is -2.33. The van der Waals surface area contributed by atoms with Gasteiger partial charge in [0, 0.05) is 26.2 Å². The summed E-state index contributed by atoms with van der Waals surface area (Å²) in [4.78, 5) is 25.9. The highest BCUT2D eigenvalue weighted by Crippen LogP contribution is 2.07. The number of carbonyl (C=O) groups excluding carboxylic acids is 2. The Morgan fingerprint density at radius 1 is 1.38 bits per heavy atom. The smallest absolute Gasteiger partial charge is 0.253 e. The summed E-state index contributed by atoms with van der Waals surface area (Å²) in [5, 5.41) is 5.20. The van der Waals surface area contributed by atoms with Gasteiger partial charge in [-0.3, -0.25) is 14.6 Å². The van der Waals surface area contributed by atoms with E-state index >= 15 is 0 Å². The van der Waals surface area contributed by atoms with Crippen molar-refractivity contribution in [2.45, 2.75) is 6.92 Å². The van der Waals surface area contributed by atoms with Crippen molar-refractivity contribution in [1.29, 1.82) is 0 Å². The van der Waals surface area contributed by atoms with Crippen molar-refractivity contribution in [3.63, 3.8) is 0 Å². The summed E-state index contributed by atoms with van der Waals surface area (Å²) in [6, 6.07) is 1.54. The largest absolute Gasteiger partial charge is 0.397 e. The second-order valence-corrected chi connectivity index (χ2v) is 3.20. The van der Waals surface area contributed by atoms with Crippen molar-refractivity contribution in [1.82, 2.24) is 15.6 Å². The molecule has 6 nitrogen and oxygen atoms in total. The predicted octanol–water partition coefficient (Wildman–Crippen LogP) is -0.470. The molecule has 1 heterocycles. The van der Waals surface area contributed by atoms with Gasteiger partial charge in [0.05, 0.1) is 17.4 Å². The first-order chi connectivity index (χ1) is 7.61. The summed E-state index contributed by atoms with van der Waals surface area (Å²) in [6.45, 7) is 2.18. The third-order valence-electron chi connectivity index (χ3n) is 1.88. The third kappa shape index (κ3) is 3.56. The molecule has 1 rings (SSSR count). The van der Waals surface area contributed by atoms with Gasteiger partial charge in [0.25, 0.3) is 5.91 Å². The fraction of sp³-hybridized carbons (Fsp3) is 0.300. The molecule has 0 saturated heterocycles. The zero-order chi connectivity index (χ0) is 12.0. The summed E-state index contributed by atoms with van der Waals surface area (Å²) in [5.41, 5.74) is 6.30. The molecule has 2 amide bonds. The first-order valence-electron chi connectivity index (χ1n) is 4.83. The van der Waals surface area contributed by atoms with Crippen LogP contribution in [0.2, 0.25) is 0 Å². The summed E-state index contributed by atoms with van der Waals surface area (Å²) in [5.74, 6) is -0.400. The number of carbonyl (C=O) groups is 2. The molecule has 86 valence electrons. The summed E-state index contributed by atoms with van der Waals surface area (Å²) < 4.78 is 0. The van der Waals surface area contributed by atoms with Crippen LogP contribution in [0.4, 0.5) is 5.69 Å². The monoisotopic (exact) mass is 222 g/mol. The van der Waals surface area contributed by atoms with E-state index in [0.29, 0.717) is 24.3 Å². The van der Waals surface area contributed by atoms with E-state index < -0.39 is 0 Å². The zero-order valence-electron chi connectivity index (χ0n) is 8.99. The number of nitrogens with two attached hydrogens (primary N) is 1. The maximum absolute atomic E-state index is 11.6. The Hall–Kier alpha value is -2.11. The number of rotatable bonds is 4. The van der Waals surface area contributed by atoms with Crippen molar-refractivity contribution in [2.24, 2.45) is 0 Å². The molecule has 1 aromatic heterocycles. The summed E-state index contributed by atoms with van der Waals surface area (Å²) in [6.07, 6.45) is 2.92. The molecule has 0 spiro atoms. The number of aromatic nitrogens is 1. The number of anilines is 1. The molecule has 0 bridgehead atoms. The van der Waals surface area contributed by atoms with E-state index in [-0.39, 0.29) is 11.8 Å². The van der Waals surface area contributed by atoms with Gasteiger partial charge in [-0.15, -0.1) is 0 Å². The maximum atomic E-state index is 11.6. The van der Waals surface area contributed by atoms with Gasteiger partial charge in [0.15, 0.2) is 0 Å². The number of nitrogens with one attached hydrogen (secondary N) is 2. The Kier molecular flexibility index (Phi) is 4.26. The van der Waals surface area contributed by atoms with E-state index in [1.165, 1.54) is 19.3 Å². The van der Waals surface area contributed by atoms with Crippen LogP contribution in [0.15, 0.2) is 18.5 Å². The first kappa shape index (κ1) is 12.0. The zero-order valence-corrected chi connectivity index (χ0v) is 8.99. The molecule has 0 aliphatic rings. The summed E-state index contributed by atoms with van der Waals surface area (Å²) in [7, 11) is 0. The van der Waals surface area contributed by atoms with Gasteiger partial charge in [0.1, 0.15) is 0 Å². The average molecular weight is 222 g/mol. The Bertz CT molecular complexity index is 392. The van der Waals surface area contributed by atoms with Gasteiger partial charge in [0.2, 0.25) is 5.91 Å². The molecule has 0 unspecified atom stereocenters. The quantitative estimate of drug-likeness (QED) is 0.600. The molecule has 0 atom stereocenters. The lowest BCUT2D eigenvalue weighted by atomic mass is 10.2. The van der Waals surface area contributed by atoms with Crippen LogP contribution in [0.5, 0.6) is 0 Å². The Labute approximate surface area is 93.2 Å². The number of nitrogen functional groups attached to an aromatic ring is 1. The van der Waals surface area contributed by atoms with Crippen LogP contribution in [-0.4, -0.2) is 29.9 Å². The molecule has 0 aliphatic carbocycles. The molecular weight excluding hydrogens is 208 g/mol. The van der Waals surface area contributed by atoms with E-state index in [1.54, 1.807) is 6.07 Å². The van der Waals surface area contributed by atoms with E-state index in [0.717, 1.165) is 0 Å². The van der Waals surface area contributed by atoms with Crippen molar-refractivity contribution in [3.05, 3.63) is 24.0 Å². The molecule has 0 aliphatic heterocycles. The lowest BCUT2D eigenvalue weighted by Gasteiger charge is -2.07. The Morgan fingerprint density at radius 2 is 2.06 bits per heavy atom. The van der Waals surface area contributed by atoms with Crippen molar-refractivity contribution in [2.75, 3.05) is 18.8 Å². The fourth-order valence-electron chi connectivity index (χ4n) is 1.12. The molecule has 0 aromatic carbocycles. The minimum Gasteiger partial charge on any atom is -0.397 e. The van der Waals surface area contributed by atoms with Crippen molar-refractivity contribution in [3.8, 4) is 0 Å². The highest BCUT2D eigenvalue weighted by Gasteiger charge is 2.07. The number of hydrogen-bond acceptors (Lipinski definition) is 4. The normalized spacial score (nSPS) is 9.56. The predicted molar refractivity (Wildman–Crippen MR) is 59.7 cm³/mol. The average Bonchev–Trinajstić information content (AvgIpc) is 2.24. The van der Waals surface area contributed by atoms with Crippen LogP contribution in [-0.2, 0) is 4.79 Å². The molecule has 0 fully saturated rings. The molecule has 0 radical (unpaired) electrons. The van der Waals surface area contributed by atoms with Crippen LogP contribution in [0.3, 0.4) is 0 Å². The lowest BCUT2D eigenvalue weighted by molar-refractivity contribution is -0.118. The van der Waals surface area contributed by atoms with E-state index in [2.05, 4.69) is 15.6 Å². The van der Waals surface area contributed by atoms with Crippen molar-refractivity contribution < 1.29 is 9.59 Å². The van der Waals surface area contributed by atoms with E-state index in [4.69, 9.17) is 5.73 Å². The molecule has 1 aromatic rings. The van der Waals surface area contributed by atoms with Crippen LogP contribution < -0.4 is 16.4 Å². The van der Waals surface area contributed by atoms with E-state index in [9.17, 15) is 9.59 Å². The molecule has 4 N–H and O–H groups in total. The molecular formula is C10H14N4O2. The number of pyridine rings is 1. The van der Waals surface area contributed by atoms with Gasteiger partial charge in [-0.05, 0) is 6.07 Å². The Morgan fingerprint density at radius 3 is 2.69 bits per heavy atom. The Balaban J connectivity index is 2.41. The second kappa shape index (κ2) is 5.69. The SMILES string of the molecule is CC(=O)NCCNC(=O)c1ccncc1N. The molecule has 16 heavy (non-hydrogen) atoms. The number of hydrogen-bond donors (Lipinski definition) is 3. The van der Waals surface area contributed by atoms with Crippen LogP contribution in [0.1, 0.15) is 17.3 Å². The maximum Gasteiger partial charge on any atom is 0.253 e. The standard InChI is InChI=1S/C10H14N4O2/c1-7(15)13-4-5-14-10(16)8-2-3-12-6-9(8)11/h2-3,6H,4-5,11H2,1H3,(H,13,15)(H,14,16). The number of amides is 2. The van der Waals surface area contributed by atoms with Crippen LogP contribution >= 0.6 is 0 Å². The molecule has 0 saturated carbocycles. The third-order valence-corrected chi connectivity index (χ3v) is 1.88. The highest BCUT2D eigenvalue weighted by atomic mass is 16.2. The minimum absolute atomic E-state index is 0.127. The highest BCUT2D eigenvalue weighted by molar-refractivity contribution is 5.98. The second-order valence-electron chi connectivity index (χ2n) is 3.20. The minimum atomic E-state index is -0.273. The van der Waals surface area contributed by atoms with Crippen LogP contribution in [0.25, 0.3) is 0 Å². The van der Waals surface area contributed by atoms with Gasteiger partial charge in [-0.25, -0.2) is 0 Å². The van der Waals surface area contributed by atoms with Gasteiger partial charge in [-0.2, -0.15) is 0 Å². The number of nitrogens with zero attached hydrogens (tertiary/aromatic N) is 1.